The maximum absolute atomic E-state index is 12.0. The Bertz CT molecular complexity index is 552. The van der Waals surface area contributed by atoms with E-state index in [0.29, 0.717) is 30.9 Å². The minimum atomic E-state index is -0.222. The lowest BCUT2D eigenvalue weighted by atomic mass is 10.2. The summed E-state index contributed by atoms with van der Waals surface area (Å²) in [5.74, 6) is -0.290. The highest BCUT2D eigenvalue weighted by molar-refractivity contribution is 5.92. The van der Waals surface area contributed by atoms with Crippen LogP contribution in [0.2, 0.25) is 0 Å². The van der Waals surface area contributed by atoms with Gasteiger partial charge in [0.25, 0.3) is 0 Å². The molecular weight excluding hydrogens is 282 g/mol. The molecule has 1 N–H and O–H groups in total. The zero-order chi connectivity index (χ0) is 16.4. The van der Waals surface area contributed by atoms with Crippen molar-refractivity contribution in [2.45, 2.75) is 19.8 Å². The fourth-order valence-electron chi connectivity index (χ4n) is 1.97. The molecule has 1 aromatic carbocycles. The molecule has 0 unspecified atom stereocenters. The van der Waals surface area contributed by atoms with Crippen LogP contribution in [0.5, 0.6) is 0 Å². The van der Waals surface area contributed by atoms with Gasteiger partial charge in [-0.15, -0.1) is 0 Å². The number of benzene rings is 1. The summed E-state index contributed by atoms with van der Waals surface area (Å²) in [6, 6.07) is 8.84. The predicted molar refractivity (Wildman–Crippen MR) is 83.2 cm³/mol. The Morgan fingerprint density at radius 3 is 2.68 bits per heavy atom. The van der Waals surface area contributed by atoms with Gasteiger partial charge in [0.1, 0.15) is 6.07 Å². The average Bonchev–Trinajstić information content (AvgIpc) is 2.50. The number of rotatable bonds is 8. The molecule has 0 saturated heterocycles. The lowest BCUT2D eigenvalue weighted by Crippen LogP contribution is -2.33. The van der Waals surface area contributed by atoms with E-state index in [2.05, 4.69) is 5.32 Å². The molecule has 1 aromatic rings. The van der Waals surface area contributed by atoms with E-state index in [4.69, 9.17) is 10.00 Å². The van der Waals surface area contributed by atoms with Gasteiger partial charge in [0.15, 0.2) is 0 Å². The molecule has 6 heteroatoms. The van der Waals surface area contributed by atoms with Crippen molar-refractivity contribution in [1.29, 1.82) is 5.26 Å². The summed E-state index contributed by atoms with van der Waals surface area (Å²) in [7, 11) is 1.61. The summed E-state index contributed by atoms with van der Waals surface area (Å²) in [4.78, 5) is 25.1. The molecule has 2 amide bonds. The van der Waals surface area contributed by atoms with E-state index in [1.54, 1.807) is 36.3 Å². The van der Waals surface area contributed by atoms with E-state index >= 15 is 0 Å². The van der Waals surface area contributed by atoms with Crippen molar-refractivity contribution in [2.75, 3.05) is 32.1 Å². The van der Waals surface area contributed by atoms with E-state index in [-0.39, 0.29) is 18.2 Å². The van der Waals surface area contributed by atoms with Crippen LogP contribution < -0.4 is 5.32 Å². The molecule has 0 aliphatic carbocycles. The number of carbonyl (C=O) groups is 2. The van der Waals surface area contributed by atoms with Crippen LogP contribution >= 0.6 is 0 Å². The van der Waals surface area contributed by atoms with Crippen LogP contribution in [0.25, 0.3) is 0 Å². The van der Waals surface area contributed by atoms with Crippen molar-refractivity contribution in [3.05, 3.63) is 29.8 Å². The van der Waals surface area contributed by atoms with E-state index in [1.807, 2.05) is 6.07 Å². The van der Waals surface area contributed by atoms with Crippen molar-refractivity contribution in [3.63, 3.8) is 0 Å². The molecule has 0 bridgehead atoms. The van der Waals surface area contributed by atoms with E-state index in [0.717, 1.165) is 6.42 Å². The number of hydrogen-bond donors (Lipinski definition) is 1. The smallest absolute Gasteiger partial charge is 0.226 e. The number of methoxy groups -OCH3 is 1. The summed E-state index contributed by atoms with van der Waals surface area (Å²) in [6.07, 6.45) is 0.918. The second-order valence-electron chi connectivity index (χ2n) is 4.81. The van der Waals surface area contributed by atoms with Gasteiger partial charge in [0.05, 0.1) is 11.3 Å². The number of hydrogen-bond acceptors (Lipinski definition) is 4. The van der Waals surface area contributed by atoms with Gasteiger partial charge in [0, 0.05) is 40.2 Å². The third kappa shape index (κ3) is 5.94. The number of nitrogens with one attached hydrogen (secondary N) is 1. The van der Waals surface area contributed by atoms with Crippen LogP contribution in [0, 0.1) is 11.3 Å². The average molecular weight is 303 g/mol. The zero-order valence-electron chi connectivity index (χ0n) is 13.0. The molecule has 0 aliphatic heterocycles. The number of carbonyl (C=O) groups excluding carboxylic acids is 2. The number of amides is 2. The Labute approximate surface area is 130 Å². The van der Waals surface area contributed by atoms with E-state index in [9.17, 15) is 9.59 Å². The molecule has 0 aromatic heterocycles. The molecule has 0 aliphatic rings. The van der Waals surface area contributed by atoms with Gasteiger partial charge in [-0.1, -0.05) is 12.1 Å². The molecule has 118 valence electrons. The van der Waals surface area contributed by atoms with Gasteiger partial charge in [-0.2, -0.15) is 5.26 Å². The third-order valence-electron chi connectivity index (χ3n) is 3.15. The number of anilines is 1. The minimum absolute atomic E-state index is 0.0682. The number of ether oxygens (including phenoxy) is 1. The fourth-order valence-corrected chi connectivity index (χ4v) is 1.97. The Morgan fingerprint density at radius 2 is 2.05 bits per heavy atom. The summed E-state index contributed by atoms with van der Waals surface area (Å²) >= 11 is 0. The third-order valence-corrected chi connectivity index (χ3v) is 3.15. The highest BCUT2D eigenvalue weighted by Crippen LogP contribution is 2.13. The molecule has 0 heterocycles. The second-order valence-corrected chi connectivity index (χ2v) is 4.81. The Hall–Kier alpha value is -2.39. The molecule has 1 rings (SSSR count). The second kappa shape index (κ2) is 9.53. The molecule has 0 atom stereocenters. The standard InChI is InChI=1S/C16H21N3O3/c1-13(20)19(9-5-11-22-2)10-8-16(21)18-15-7-4-3-6-14(15)12-17/h3-4,6-7H,5,8-11H2,1-2H3,(H,18,21). The van der Waals surface area contributed by atoms with Gasteiger partial charge in [-0.3, -0.25) is 9.59 Å². The predicted octanol–water partition coefficient (Wildman–Crippen LogP) is 1.77. The molecule has 0 spiro atoms. The SMILES string of the molecule is COCCCN(CCC(=O)Nc1ccccc1C#N)C(C)=O. The van der Waals surface area contributed by atoms with E-state index < -0.39 is 0 Å². The highest BCUT2D eigenvalue weighted by Gasteiger charge is 2.12. The summed E-state index contributed by atoms with van der Waals surface area (Å²) in [5.41, 5.74) is 0.906. The van der Waals surface area contributed by atoms with Crippen molar-refractivity contribution in [2.24, 2.45) is 0 Å². The van der Waals surface area contributed by atoms with Crippen LogP contribution in [0.4, 0.5) is 5.69 Å². The topological polar surface area (TPSA) is 82.4 Å². The van der Waals surface area contributed by atoms with Crippen LogP contribution in [0.3, 0.4) is 0 Å². The van der Waals surface area contributed by atoms with Gasteiger partial charge in [-0.05, 0) is 18.6 Å². The first kappa shape index (κ1) is 17.7. The first-order valence-electron chi connectivity index (χ1n) is 7.12. The Balaban J connectivity index is 2.50. The minimum Gasteiger partial charge on any atom is -0.385 e. The van der Waals surface area contributed by atoms with Gasteiger partial charge in [0.2, 0.25) is 11.8 Å². The normalized spacial score (nSPS) is 9.86. The van der Waals surface area contributed by atoms with Crippen molar-refractivity contribution < 1.29 is 14.3 Å². The lowest BCUT2D eigenvalue weighted by Gasteiger charge is -2.20. The van der Waals surface area contributed by atoms with Crippen LogP contribution in [-0.2, 0) is 14.3 Å². The fraction of sp³-hybridized carbons (Fsp3) is 0.438. The first-order valence-corrected chi connectivity index (χ1v) is 7.12. The highest BCUT2D eigenvalue weighted by atomic mass is 16.5. The molecule has 0 fully saturated rings. The van der Waals surface area contributed by atoms with E-state index in [1.165, 1.54) is 6.92 Å². The zero-order valence-corrected chi connectivity index (χ0v) is 13.0. The van der Waals surface area contributed by atoms with Crippen molar-refractivity contribution >= 4 is 17.5 Å². The number of nitrogens with zero attached hydrogens (tertiary/aromatic N) is 2. The Kier molecular flexibility index (Phi) is 7.65. The van der Waals surface area contributed by atoms with Crippen LogP contribution in [0.1, 0.15) is 25.3 Å². The van der Waals surface area contributed by atoms with Crippen molar-refractivity contribution in [3.8, 4) is 6.07 Å². The monoisotopic (exact) mass is 303 g/mol. The first-order chi connectivity index (χ1) is 10.6. The quantitative estimate of drug-likeness (QED) is 0.742. The van der Waals surface area contributed by atoms with Gasteiger partial charge < -0.3 is 15.0 Å². The van der Waals surface area contributed by atoms with Crippen LogP contribution in [0.15, 0.2) is 24.3 Å². The van der Waals surface area contributed by atoms with Crippen LogP contribution in [-0.4, -0.2) is 43.5 Å². The maximum Gasteiger partial charge on any atom is 0.226 e. The van der Waals surface area contributed by atoms with Crippen molar-refractivity contribution in [1.82, 2.24) is 4.90 Å². The number of para-hydroxylation sites is 1. The molecular formula is C16H21N3O3. The molecule has 0 radical (unpaired) electrons. The Morgan fingerprint density at radius 1 is 1.32 bits per heavy atom. The summed E-state index contributed by atoms with van der Waals surface area (Å²) in [6.45, 7) is 2.96. The number of nitriles is 1. The largest absolute Gasteiger partial charge is 0.385 e. The van der Waals surface area contributed by atoms with Gasteiger partial charge in [-0.25, -0.2) is 0 Å². The molecule has 0 saturated carbocycles. The molecule has 6 nitrogen and oxygen atoms in total. The summed E-state index contributed by atoms with van der Waals surface area (Å²) < 4.78 is 4.95. The van der Waals surface area contributed by atoms with Gasteiger partial charge >= 0.3 is 0 Å². The summed E-state index contributed by atoms with van der Waals surface area (Å²) in [5, 5.41) is 11.7. The lowest BCUT2D eigenvalue weighted by molar-refractivity contribution is -0.129. The maximum atomic E-state index is 12.0. The molecule has 22 heavy (non-hydrogen) atoms.